The second-order valence-electron chi connectivity index (χ2n) is 4.46. The largest absolute Gasteiger partial charge is 0.497 e. The molecule has 4 nitrogen and oxygen atoms in total. The summed E-state index contributed by atoms with van der Waals surface area (Å²) in [5.41, 5.74) is 1.15. The molecule has 1 unspecified atom stereocenters. The third-order valence-electron chi connectivity index (χ3n) is 2.91. The molecule has 20 heavy (non-hydrogen) atoms. The molecule has 1 N–H and O–H groups in total. The van der Waals surface area contributed by atoms with Crippen LogP contribution in [-0.4, -0.2) is 32.3 Å². The topological polar surface area (TPSA) is 47.6 Å². The highest BCUT2D eigenvalue weighted by molar-refractivity contribution is 5.70. The minimum atomic E-state index is -0.178. The first-order chi connectivity index (χ1) is 9.69. The van der Waals surface area contributed by atoms with Gasteiger partial charge in [-0.15, -0.1) is 6.58 Å². The van der Waals surface area contributed by atoms with E-state index < -0.39 is 0 Å². The predicted molar refractivity (Wildman–Crippen MR) is 79.9 cm³/mol. The minimum Gasteiger partial charge on any atom is -0.497 e. The van der Waals surface area contributed by atoms with Gasteiger partial charge in [0, 0.05) is 12.6 Å². The van der Waals surface area contributed by atoms with Crippen molar-refractivity contribution in [2.75, 3.05) is 20.3 Å². The lowest BCUT2D eigenvalue weighted by atomic mass is 10.0. The summed E-state index contributed by atoms with van der Waals surface area (Å²) in [6, 6.07) is 7.90. The number of ether oxygens (including phenoxy) is 2. The zero-order chi connectivity index (χ0) is 14.8. The number of rotatable bonds is 9. The first-order valence-electron chi connectivity index (χ1n) is 6.82. The summed E-state index contributed by atoms with van der Waals surface area (Å²) in [6.07, 6.45) is 2.90. The summed E-state index contributed by atoms with van der Waals surface area (Å²) < 4.78 is 10.1. The molecule has 0 aliphatic rings. The molecular formula is C16H23NO3. The van der Waals surface area contributed by atoms with Crippen molar-refractivity contribution < 1.29 is 14.3 Å². The van der Waals surface area contributed by atoms with Gasteiger partial charge in [-0.3, -0.25) is 4.79 Å². The Kier molecular flexibility index (Phi) is 7.43. The molecule has 0 heterocycles. The predicted octanol–water partition coefficient (Wildman–Crippen LogP) is 2.34. The number of nitrogens with one attached hydrogen (secondary N) is 1. The monoisotopic (exact) mass is 277 g/mol. The molecule has 0 spiro atoms. The lowest BCUT2D eigenvalue weighted by Gasteiger charge is -2.17. The van der Waals surface area contributed by atoms with Gasteiger partial charge < -0.3 is 14.8 Å². The molecule has 110 valence electrons. The number of carbonyl (C=O) groups is 1. The lowest BCUT2D eigenvalue weighted by Crippen LogP contribution is -2.34. The Morgan fingerprint density at radius 1 is 1.40 bits per heavy atom. The van der Waals surface area contributed by atoms with Crippen LogP contribution in [0.5, 0.6) is 5.75 Å². The Balaban J connectivity index is 2.61. The van der Waals surface area contributed by atoms with E-state index in [-0.39, 0.29) is 12.0 Å². The van der Waals surface area contributed by atoms with E-state index in [0.717, 1.165) is 17.7 Å². The molecule has 0 radical (unpaired) electrons. The number of methoxy groups -OCH3 is 1. The van der Waals surface area contributed by atoms with Crippen molar-refractivity contribution >= 4 is 5.97 Å². The molecule has 0 bridgehead atoms. The van der Waals surface area contributed by atoms with Crippen molar-refractivity contribution in [2.24, 2.45) is 0 Å². The second-order valence-corrected chi connectivity index (χ2v) is 4.46. The maximum Gasteiger partial charge on any atom is 0.307 e. The van der Waals surface area contributed by atoms with Crippen molar-refractivity contribution in [3.63, 3.8) is 0 Å². The van der Waals surface area contributed by atoms with E-state index in [2.05, 4.69) is 11.9 Å². The van der Waals surface area contributed by atoms with Crippen LogP contribution < -0.4 is 10.1 Å². The average Bonchev–Trinajstić information content (AvgIpc) is 2.45. The molecule has 1 rings (SSSR count). The van der Waals surface area contributed by atoms with Crippen molar-refractivity contribution in [3.8, 4) is 5.75 Å². The van der Waals surface area contributed by atoms with Crippen LogP contribution in [0, 0.1) is 0 Å². The molecule has 0 saturated heterocycles. The van der Waals surface area contributed by atoms with Crippen LogP contribution in [0.4, 0.5) is 0 Å². The van der Waals surface area contributed by atoms with Gasteiger partial charge in [0.15, 0.2) is 0 Å². The van der Waals surface area contributed by atoms with Crippen LogP contribution in [-0.2, 0) is 16.0 Å². The Morgan fingerprint density at radius 2 is 2.10 bits per heavy atom. The normalized spacial score (nSPS) is 11.7. The fourth-order valence-corrected chi connectivity index (χ4v) is 1.93. The van der Waals surface area contributed by atoms with Gasteiger partial charge in [-0.2, -0.15) is 0 Å². The summed E-state index contributed by atoms with van der Waals surface area (Å²) in [5, 5.41) is 3.29. The van der Waals surface area contributed by atoms with E-state index in [1.165, 1.54) is 0 Å². The molecule has 0 aliphatic carbocycles. The molecule has 0 aromatic heterocycles. The first-order valence-corrected chi connectivity index (χ1v) is 6.82. The summed E-state index contributed by atoms with van der Waals surface area (Å²) in [7, 11) is 1.64. The maximum atomic E-state index is 11.6. The standard InChI is InChI=1S/C16H23NO3/c1-4-10-17-14(12-16(18)20-5-2)11-13-6-8-15(19-3)9-7-13/h4,6-9,14,17H,1,5,10-12H2,2-3H3. The lowest BCUT2D eigenvalue weighted by molar-refractivity contribution is -0.143. The van der Waals surface area contributed by atoms with Gasteiger partial charge in [0.25, 0.3) is 0 Å². The van der Waals surface area contributed by atoms with Crippen molar-refractivity contribution in [3.05, 3.63) is 42.5 Å². The van der Waals surface area contributed by atoms with Gasteiger partial charge in [0.2, 0.25) is 0 Å². The smallest absolute Gasteiger partial charge is 0.307 e. The second kappa shape index (κ2) is 9.15. The quantitative estimate of drug-likeness (QED) is 0.556. The van der Waals surface area contributed by atoms with Crippen LogP contribution >= 0.6 is 0 Å². The highest BCUT2D eigenvalue weighted by Crippen LogP contribution is 2.13. The molecule has 1 aromatic rings. The van der Waals surface area contributed by atoms with E-state index in [1.54, 1.807) is 13.2 Å². The third kappa shape index (κ3) is 5.89. The molecule has 4 heteroatoms. The highest BCUT2D eigenvalue weighted by Gasteiger charge is 2.14. The molecule has 0 aliphatic heterocycles. The number of hydrogen-bond acceptors (Lipinski definition) is 4. The molecule has 0 saturated carbocycles. The Labute approximate surface area is 120 Å². The zero-order valence-electron chi connectivity index (χ0n) is 12.2. The SMILES string of the molecule is C=CCNC(CC(=O)OCC)Cc1ccc(OC)cc1. The van der Waals surface area contributed by atoms with Gasteiger partial charge in [-0.25, -0.2) is 0 Å². The van der Waals surface area contributed by atoms with Gasteiger partial charge in [0.05, 0.1) is 20.1 Å². The fourth-order valence-electron chi connectivity index (χ4n) is 1.93. The first kappa shape index (κ1) is 16.2. The molecular weight excluding hydrogens is 254 g/mol. The van der Waals surface area contributed by atoms with Crippen LogP contribution in [0.25, 0.3) is 0 Å². The summed E-state index contributed by atoms with van der Waals surface area (Å²) in [5.74, 6) is 0.650. The Hall–Kier alpha value is -1.81. The maximum absolute atomic E-state index is 11.6. The molecule has 1 aromatic carbocycles. The van der Waals surface area contributed by atoms with Crippen LogP contribution in [0.1, 0.15) is 18.9 Å². The number of benzene rings is 1. The number of hydrogen-bond donors (Lipinski definition) is 1. The van der Waals surface area contributed by atoms with Crippen LogP contribution in [0.15, 0.2) is 36.9 Å². The van der Waals surface area contributed by atoms with Gasteiger partial charge in [-0.05, 0) is 31.0 Å². The Bertz CT molecular complexity index is 414. The van der Waals surface area contributed by atoms with E-state index in [0.29, 0.717) is 19.6 Å². The van der Waals surface area contributed by atoms with Crippen LogP contribution in [0.2, 0.25) is 0 Å². The molecule has 0 amide bonds. The van der Waals surface area contributed by atoms with Gasteiger partial charge in [-0.1, -0.05) is 18.2 Å². The fraction of sp³-hybridized carbons (Fsp3) is 0.438. The van der Waals surface area contributed by atoms with E-state index >= 15 is 0 Å². The highest BCUT2D eigenvalue weighted by atomic mass is 16.5. The van der Waals surface area contributed by atoms with Gasteiger partial charge >= 0.3 is 5.97 Å². The Morgan fingerprint density at radius 3 is 2.65 bits per heavy atom. The summed E-state index contributed by atoms with van der Waals surface area (Å²) >= 11 is 0. The molecule has 1 atom stereocenters. The van der Waals surface area contributed by atoms with Crippen molar-refractivity contribution in [1.29, 1.82) is 0 Å². The average molecular weight is 277 g/mol. The van der Waals surface area contributed by atoms with Crippen molar-refractivity contribution in [2.45, 2.75) is 25.8 Å². The minimum absolute atomic E-state index is 0.0421. The van der Waals surface area contributed by atoms with Gasteiger partial charge in [0.1, 0.15) is 5.75 Å². The zero-order valence-corrected chi connectivity index (χ0v) is 12.2. The van der Waals surface area contributed by atoms with Crippen LogP contribution in [0.3, 0.4) is 0 Å². The van der Waals surface area contributed by atoms with Crippen molar-refractivity contribution in [1.82, 2.24) is 5.32 Å². The van der Waals surface area contributed by atoms with E-state index in [9.17, 15) is 4.79 Å². The third-order valence-corrected chi connectivity index (χ3v) is 2.91. The summed E-state index contributed by atoms with van der Waals surface area (Å²) in [4.78, 5) is 11.6. The number of esters is 1. The summed E-state index contributed by atoms with van der Waals surface area (Å²) in [6.45, 7) is 6.57. The number of carbonyl (C=O) groups excluding carboxylic acids is 1. The van der Waals surface area contributed by atoms with E-state index in [4.69, 9.17) is 9.47 Å². The van der Waals surface area contributed by atoms with E-state index in [1.807, 2.05) is 31.2 Å². The molecule has 0 fully saturated rings.